The second-order valence-electron chi connectivity index (χ2n) is 5.37. The van der Waals surface area contributed by atoms with Gasteiger partial charge in [0.25, 0.3) is 0 Å². The third-order valence-corrected chi connectivity index (χ3v) is 5.52. The quantitative estimate of drug-likeness (QED) is 0.805. The minimum atomic E-state index is -3.50. The molecule has 0 bridgehead atoms. The lowest BCUT2D eigenvalue weighted by Gasteiger charge is -2.23. The number of hydrogen-bond donors (Lipinski definition) is 0. The maximum absolute atomic E-state index is 12.2. The van der Waals surface area contributed by atoms with Gasteiger partial charge in [0.05, 0.1) is 22.8 Å². The second kappa shape index (κ2) is 7.17. The summed E-state index contributed by atoms with van der Waals surface area (Å²) in [5.41, 5.74) is 0.689. The Morgan fingerprint density at radius 3 is 2.41 bits per heavy atom. The summed E-state index contributed by atoms with van der Waals surface area (Å²) in [5.74, 6) is -0.164. The van der Waals surface area contributed by atoms with Gasteiger partial charge in [-0.3, -0.25) is 4.79 Å². The largest absolute Gasteiger partial charge is 0.342 e. The first-order valence-electron chi connectivity index (χ1n) is 6.94. The van der Waals surface area contributed by atoms with Crippen LogP contribution in [-0.2, 0) is 21.4 Å². The first kappa shape index (κ1) is 17.5. The zero-order chi connectivity index (χ0) is 16.3. The Hall–Kier alpha value is -0.820. The Bertz CT molecular complexity index is 658. The molecule has 5 nitrogen and oxygen atoms in total. The maximum atomic E-state index is 12.2. The summed E-state index contributed by atoms with van der Waals surface area (Å²) in [6, 6.07) is 4.93. The van der Waals surface area contributed by atoms with E-state index < -0.39 is 10.0 Å². The van der Waals surface area contributed by atoms with Crippen LogP contribution in [0.5, 0.6) is 0 Å². The highest BCUT2D eigenvalue weighted by Gasteiger charge is 2.25. The molecule has 1 aliphatic heterocycles. The van der Waals surface area contributed by atoms with Gasteiger partial charge < -0.3 is 4.90 Å². The molecule has 2 rings (SSSR count). The molecule has 0 unspecified atom stereocenters. The Kier molecular flexibility index (Phi) is 5.71. The van der Waals surface area contributed by atoms with Gasteiger partial charge in [0, 0.05) is 19.6 Å². The van der Waals surface area contributed by atoms with E-state index in [9.17, 15) is 13.2 Å². The molecule has 1 saturated heterocycles. The molecule has 1 aliphatic rings. The predicted molar refractivity (Wildman–Crippen MR) is 87.5 cm³/mol. The van der Waals surface area contributed by atoms with Crippen molar-refractivity contribution in [1.82, 2.24) is 9.21 Å². The summed E-state index contributed by atoms with van der Waals surface area (Å²) in [4.78, 5) is 13.9. The van der Waals surface area contributed by atoms with Crippen LogP contribution in [0.4, 0.5) is 0 Å². The molecule has 8 heteroatoms. The van der Waals surface area contributed by atoms with Crippen LogP contribution in [0.15, 0.2) is 18.2 Å². The van der Waals surface area contributed by atoms with Crippen LogP contribution in [0.25, 0.3) is 0 Å². The molecule has 0 saturated carbocycles. The summed E-state index contributed by atoms with van der Waals surface area (Å²) in [5, 5.41) is 0.767. The van der Waals surface area contributed by atoms with Gasteiger partial charge in [-0.05, 0) is 30.5 Å². The van der Waals surface area contributed by atoms with E-state index in [1.54, 1.807) is 23.1 Å². The smallest absolute Gasteiger partial charge is 0.237 e. The molecule has 0 radical (unpaired) electrons. The Balaban J connectivity index is 2.12. The average molecular weight is 365 g/mol. The molecule has 0 aromatic heterocycles. The first-order chi connectivity index (χ1) is 10.3. The highest BCUT2D eigenvalue weighted by Crippen LogP contribution is 2.23. The number of amides is 1. The fourth-order valence-corrected chi connectivity index (χ4v) is 3.40. The molecular formula is C14H18Cl2N2O3S. The minimum Gasteiger partial charge on any atom is -0.342 e. The van der Waals surface area contributed by atoms with Gasteiger partial charge in [0.15, 0.2) is 0 Å². The van der Waals surface area contributed by atoms with E-state index in [-0.39, 0.29) is 19.0 Å². The van der Waals surface area contributed by atoms with Gasteiger partial charge in [0.1, 0.15) is 0 Å². The molecule has 22 heavy (non-hydrogen) atoms. The van der Waals surface area contributed by atoms with Crippen molar-refractivity contribution in [1.29, 1.82) is 0 Å². The highest BCUT2D eigenvalue weighted by molar-refractivity contribution is 7.88. The normalized spacial score (nSPS) is 15.5. The minimum absolute atomic E-state index is 0.0926. The van der Waals surface area contributed by atoms with Gasteiger partial charge in [0.2, 0.25) is 15.9 Å². The number of likely N-dealkylation sites (tertiary alicyclic amines) is 1. The Labute approximate surface area is 140 Å². The number of carbonyl (C=O) groups excluding carboxylic acids is 1. The summed E-state index contributed by atoms with van der Waals surface area (Å²) in [6.45, 7) is 1.33. The van der Waals surface area contributed by atoms with Crippen molar-refractivity contribution in [3.8, 4) is 0 Å². The van der Waals surface area contributed by atoms with Crippen LogP contribution in [0.3, 0.4) is 0 Å². The van der Waals surface area contributed by atoms with E-state index in [0.29, 0.717) is 28.7 Å². The second-order valence-corrected chi connectivity index (χ2v) is 8.16. The standard InChI is InChI=1S/C14H18Cl2N2O3S/c1-22(20,21)18(10-14(19)17-6-2-3-7-17)9-11-4-5-12(15)13(16)8-11/h4-5,8H,2-3,6-7,9-10H2,1H3. The number of benzene rings is 1. The number of halogens is 2. The highest BCUT2D eigenvalue weighted by atomic mass is 35.5. The van der Waals surface area contributed by atoms with Gasteiger partial charge in [-0.1, -0.05) is 29.3 Å². The number of nitrogens with zero attached hydrogens (tertiary/aromatic N) is 2. The number of rotatable bonds is 5. The van der Waals surface area contributed by atoms with Crippen molar-refractivity contribution >= 4 is 39.1 Å². The van der Waals surface area contributed by atoms with E-state index in [0.717, 1.165) is 23.4 Å². The molecule has 1 aromatic carbocycles. The van der Waals surface area contributed by atoms with E-state index >= 15 is 0 Å². The molecule has 0 atom stereocenters. The van der Waals surface area contributed by atoms with Crippen molar-refractivity contribution in [2.75, 3.05) is 25.9 Å². The van der Waals surface area contributed by atoms with Crippen molar-refractivity contribution in [3.63, 3.8) is 0 Å². The van der Waals surface area contributed by atoms with Crippen molar-refractivity contribution < 1.29 is 13.2 Å². The average Bonchev–Trinajstić information content (AvgIpc) is 2.95. The first-order valence-corrected chi connectivity index (χ1v) is 9.54. The molecule has 0 spiro atoms. The monoisotopic (exact) mass is 364 g/mol. The lowest BCUT2D eigenvalue weighted by molar-refractivity contribution is -0.130. The SMILES string of the molecule is CS(=O)(=O)N(CC(=O)N1CCCC1)Cc1ccc(Cl)c(Cl)c1. The third kappa shape index (κ3) is 4.59. The van der Waals surface area contributed by atoms with Crippen LogP contribution >= 0.6 is 23.2 Å². The summed E-state index contributed by atoms with van der Waals surface area (Å²) in [7, 11) is -3.50. The maximum Gasteiger partial charge on any atom is 0.237 e. The van der Waals surface area contributed by atoms with Gasteiger partial charge in [-0.25, -0.2) is 8.42 Å². The lowest BCUT2D eigenvalue weighted by Crippen LogP contribution is -2.41. The van der Waals surface area contributed by atoms with Gasteiger partial charge in [-0.2, -0.15) is 4.31 Å². The Morgan fingerprint density at radius 2 is 1.86 bits per heavy atom. The summed E-state index contributed by atoms with van der Waals surface area (Å²) >= 11 is 11.8. The summed E-state index contributed by atoms with van der Waals surface area (Å²) < 4.78 is 25.0. The van der Waals surface area contributed by atoms with E-state index in [1.807, 2.05) is 0 Å². The number of sulfonamides is 1. The van der Waals surface area contributed by atoms with Crippen LogP contribution in [0, 0.1) is 0 Å². The van der Waals surface area contributed by atoms with Crippen molar-refractivity contribution in [3.05, 3.63) is 33.8 Å². The molecular weight excluding hydrogens is 347 g/mol. The number of carbonyl (C=O) groups is 1. The predicted octanol–water partition coefficient (Wildman–Crippen LogP) is 2.38. The van der Waals surface area contributed by atoms with Crippen LogP contribution < -0.4 is 0 Å². The third-order valence-electron chi connectivity index (χ3n) is 3.58. The molecule has 1 amide bonds. The van der Waals surface area contributed by atoms with Crippen LogP contribution in [-0.4, -0.2) is 49.4 Å². The van der Waals surface area contributed by atoms with Crippen LogP contribution in [0.1, 0.15) is 18.4 Å². The van der Waals surface area contributed by atoms with Crippen molar-refractivity contribution in [2.45, 2.75) is 19.4 Å². The van der Waals surface area contributed by atoms with Gasteiger partial charge >= 0.3 is 0 Å². The molecule has 0 N–H and O–H groups in total. The van der Waals surface area contributed by atoms with Crippen molar-refractivity contribution in [2.24, 2.45) is 0 Å². The summed E-state index contributed by atoms with van der Waals surface area (Å²) in [6.07, 6.45) is 3.04. The molecule has 1 heterocycles. The van der Waals surface area contributed by atoms with E-state index in [2.05, 4.69) is 0 Å². The van der Waals surface area contributed by atoms with Crippen LogP contribution in [0.2, 0.25) is 10.0 Å². The lowest BCUT2D eigenvalue weighted by atomic mass is 10.2. The topological polar surface area (TPSA) is 57.7 Å². The molecule has 1 aromatic rings. The molecule has 122 valence electrons. The fourth-order valence-electron chi connectivity index (χ4n) is 2.35. The molecule has 0 aliphatic carbocycles. The zero-order valence-electron chi connectivity index (χ0n) is 12.3. The zero-order valence-corrected chi connectivity index (χ0v) is 14.6. The van der Waals surface area contributed by atoms with Gasteiger partial charge in [-0.15, -0.1) is 0 Å². The Morgan fingerprint density at radius 1 is 1.23 bits per heavy atom. The number of hydrogen-bond acceptors (Lipinski definition) is 3. The van der Waals surface area contributed by atoms with E-state index in [4.69, 9.17) is 23.2 Å². The fraction of sp³-hybridized carbons (Fsp3) is 0.500. The van der Waals surface area contributed by atoms with E-state index in [1.165, 1.54) is 0 Å². The molecule has 1 fully saturated rings.